The summed E-state index contributed by atoms with van der Waals surface area (Å²) in [5.74, 6) is 5.46. The highest BCUT2D eigenvalue weighted by atomic mass is 19.1. The lowest BCUT2D eigenvalue weighted by molar-refractivity contribution is 0.255. The SMILES string of the molecule is CCCN(Cc1cc(F)cc(C#CCN)c1)C1CC1. The van der Waals surface area contributed by atoms with Crippen molar-refractivity contribution in [1.82, 2.24) is 4.90 Å². The molecule has 0 spiro atoms. The molecule has 0 aliphatic heterocycles. The number of hydrogen-bond donors (Lipinski definition) is 1. The van der Waals surface area contributed by atoms with Gasteiger partial charge in [-0.3, -0.25) is 4.90 Å². The predicted molar refractivity (Wildman–Crippen MR) is 76.1 cm³/mol. The Bertz CT molecular complexity index is 483. The standard InChI is InChI=1S/C16H21FN2/c1-2-8-19(16-5-6-16)12-14-9-13(4-3-7-18)10-15(17)11-14/h9-11,16H,2,5-8,12,18H2,1H3. The summed E-state index contributed by atoms with van der Waals surface area (Å²) < 4.78 is 13.6. The van der Waals surface area contributed by atoms with Crippen LogP contribution in [0.25, 0.3) is 0 Å². The van der Waals surface area contributed by atoms with Gasteiger partial charge in [0.15, 0.2) is 0 Å². The first-order valence-corrected chi connectivity index (χ1v) is 6.95. The smallest absolute Gasteiger partial charge is 0.124 e. The summed E-state index contributed by atoms with van der Waals surface area (Å²) in [6.45, 7) is 4.37. The molecule has 19 heavy (non-hydrogen) atoms. The van der Waals surface area contributed by atoms with Crippen molar-refractivity contribution in [2.45, 2.75) is 38.8 Å². The lowest BCUT2D eigenvalue weighted by atomic mass is 10.1. The van der Waals surface area contributed by atoms with E-state index in [1.165, 1.54) is 18.9 Å². The highest BCUT2D eigenvalue weighted by molar-refractivity contribution is 5.38. The van der Waals surface area contributed by atoms with Crippen LogP contribution in [-0.4, -0.2) is 24.0 Å². The van der Waals surface area contributed by atoms with Crippen LogP contribution in [-0.2, 0) is 6.54 Å². The van der Waals surface area contributed by atoms with Crippen LogP contribution in [0.5, 0.6) is 0 Å². The van der Waals surface area contributed by atoms with Crippen LogP contribution in [0.3, 0.4) is 0 Å². The van der Waals surface area contributed by atoms with E-state index < -0.39 is 0 Å². The first-order valence-electron chi connectivity index (χ1n) is 6.95. The van der Waals surface area contributed by atoms with E-state index in [2.05, 4.69) is 23.7 Å². The molecule has 1 aliphatic rings. The Hall–Kier alpha value is -1.37. The molecule has 0 amide bonds. The van der Waals surface area contributed by atoms with Gasteiger partial charge in [0, 0.05) is 18.2 Å². The van der Waals surface area contributed by atoms with Crippen LogP contribution in [0.4, 0.5) is 4.39 Å². The Morgan fingerprint density at radius 1 is 1.37 bits per heavy atom. The first kappa shape index (κ1) is 14.0. The Labute approximate surface area is 114 Å². The van der Waals surface area contributed by atoms with Gasteiger partial charge < -0.3 is 5.73 Å². The van der Waals surface area contributed by atoms with Crippen LogP contribution >= 0.6 is 0 Å². The minimum Gasteiger partial charge on any atom is -0.320 e. The maximum atomic E-state index is 13.6. The zero-order valence-electron chi connectivity index (χ0n) is 11.5. The van der Waals surface area contributed by atoms with Gasteiger partial charge in [-0.2, -0.15) is 0 Å². The molecular weight excluding hydrogens is 239 g/mol. The second-order valence-electron chi connectivity index (χ2n) is 5.06. The van der Waals surface area contributed by atoms with Gasteiger partial charge in [0.1, 0.15) is 5.82 Å². The molecule has 0 unspecified atom stereocenters. The normalized spacial score (nSPS) is 14.3. The Balaban J connectivity index is 2.11. The fourth-order valence-electron chi connectivity index (χ4n) is 2.32. The molecule has 3 heteroatoms. The molecule has 1 saturated carbocycles. The number of halogens is 1. The second kappa shape index (κ2) is 6.70. The van der Waals surface area contributed by atoms with Crippen molar-refractivity contribution in [3.05, 3.63) is 35.1 Å². The number of hydrogen-bond acceptors (Lipinski definition) is 2. The number of nitrogens with two attached hydrogens (primary N) is 1. The van der Waals surface area contributed by atoms with Crippen molar-refractivity contribution >= 4 is 0 Å². The Morgan fingerprint density at radius 3 is 2.79 bits per heavy atom. The average molecular weight is 260 g/mol. The molecule has 0 aromatic heterocycles. The lowest BCUT2D eigenvalue weighted by Gasteiger charge is -2.21. The third-order valence-corrected chi connectivity index (χ3v) is 3.25. The molecule has 1 aliphatic carbocycles. The van der Waals surface area contributed by atoms with Gasteiger partial charge in [-0.15, -0.1) is 0 Å². The van der Waals surface area contributed by atoms with E-state index in [0.717, 1.165) is 25.1 Å². The Morgan fingerprint density at radius 2 is 2.16 bits per heavy atom. The minimum atomic E-state index is -0.217. The fraction of sp³-hybridized carbons (Fsp3) is 0.500. The third kappa shape index (κ3) is 4.34. The van der Waals surface area contributed by atoms with Gasteiger partial charge in [-0.25, -0.2) is 4.39 Å². The van der Waals surface area contributed by atoms with E-state index >= 15 is 0 Å². The van der Waals surface area contributed by atoms with Crippen molar-refractivity contribution in [3.8, 4) is 11.8 Å². The summed E-state index contributed by atoms with van der Waals surface area (Å²) in [4.78, 5) is 2.44. The highest BCUT2D eigenvalue weighted by Crippen LogP contribution is 2.28. The van der Waals surface area contributed by atoms with Gasteiger partial charge in [0.25, 0.3) is 0 Å². The number of nitrogens with zero attached hydrogens (tertiary/aromatic N) is 1. The average Bonchev–Trinajstić information content (AvgIpc) is 3.19. The first-order chi connectivity index (χ1) is 9.22. The van der Waals surface area contributed by atoms with E-state index in [4.69, 9.17) is 5.73 Å². The van der Waals surface area contributed by atoms with Crippen molar-refractivity contribution in [2.75, 3.05) is 13.1 Å². The molecule has 0 heterocycles. The maximum Gasteiger partial charge on any atom is 0.124 e. The van der Waals surface area contributed by atoms with Crippen LogP contribution in [0, 0.1) is 17.7 Å². The predicted octanol–water partition coefficient (Wildman–Crippen LogP) is 2.51. The quantitative estimate of drug-likeness (QED) is 0.824. The lowest BCUT2D eigenvalue weighted by Crippen LogP contribution is -2.26. The molecular formula is C16H21FN2. The van der Waals surface area contributed by atoms with Gasteiger partial charge >= 0.3 is 0 Å². The zero-order chi connectivity index (χ0) is 13.7. The summed E-state index contributed by atoms with van der Waals surface area (Å²) in [6, 6.07) is 5.74. The summed E-state index contributed by atoms with van der Waals surface area (Å²) in [6.07, 6.45) is 3.68. The van der Waals surface area contributed by atoms with Gasteiger partial charge in [0.2, 0.25) is 0 Å². The van der Waals surface area contributed by atoms with Gasteiger partial charge in [0.05, 0.1) is 6.54 Å². The summed E-state index contributed by atoms with van der Waals surface area (Å²) >= 11 is 0. The largest absolute Gasteiger partial charge is 0.320 e. The molecule has 1 fully saturated rings. The van der Waals surface area contributed by atoms with E-state index in [1.807, 2.05) is 6.07 Å². The highest BCUT2D eigenvalue weighted by Gasteiger charge is 2.28. The van der Waals surface area contributed by atoms with Crippen LogP contribution in [0.1, 0.15) is 37.3 Å². The summed E-state index contributed by atoms with van der Waals surface area (Å²) in [7, 11) is 0. The van der Waals surface area contributed by atoms with E-state index in [1.54, 1.807) is 6.07 Å². The molecule has 0 saturated heterocycles. The topological polar surface area (TPSA) is 29.3 Å². The fourth-order valence-corrected chi connectivity index (χ4v) is 2.32. The minimum absolute atomic E-state index is 0.217. The number of rotatable bonds is 5. The van der Waals surface area contributed by atoms with Crippen molar-refractivity contribution in [1.29, 1.82) is 0 Å². The number of benzene rings is 1. The molecule has 2 nitrogen and oxygen atoms in total. The van der Waals surface area contributed by atoms with Crippen molar-refractivity contribution < 1.29 is 4.39 Å². The molecule has 102 valence electrons. The third-order valence-electron chi connectivity index (χ3n) is 3.25. The summed E-state index contributed by atoms with van der Waals surface area (Å²) in [5, 5.41) is 0. The molecule has 0 bridgehead atoms. The molecule has 2 N–H and O–H groups in total. The zero-order valence-corrected chi connectivity index (χ0v) is 11.5. The summed E-state index contributed by atoms with van der Waals surface area (Å²) in [5.41, 5.74) is 7.06. The van der Waals surface area contributed by atoms with Crippen LogP contribution < -0.4 is 5.73 Å². The monoisotopic (exact) mass is 260 g/mol. The van der Waals surface area contributed by atoms with Crippen molar-refractivity contribution in [3.63, 3.8) is 0 Å². The molecule has 1 aromatic rings. The Kier molecular flexibility index (Phi) is 4.95. The van der Waals surface area contributed by atoms with Crippen LogP contribution in [0.15, 0.2) is 18.2 Å². The molecule has 0 atom stereocenters. The molecule has 2 rings (SSSR count). The van der Waals surface area contributed by atoms with E-state index in [0.29, 0.717) is 18.2 Å². The second-order valence-corrected chi connectivity index (χ2v) is 5.06. The van der Waals surface area contributed by atoms with Crippen molar-refractivity contribution in [2.24, 2.45) is 5.73 Å². The van der Waals surface area contributed by atoms with Gasteiger partial charge in [-0.05, 0) is 49.6 Å². The van der Waals surface area contributed by atoms with Gasteiger partial charge in [-0.1, -0.05) is 18.8 Å². The van der Waals surface area contributed by atoms with Crippen LogP contribution in [0.2, 0.25) is 0 Å². The maximum absolute atomic E-state index is 13.6. The van der Waals surface area contributed by atoms with E-state index in [-0.39, 0.29) is 5.82 Å². The molecule has 1 aromatic carbocycles. The molecule has 0 radical (unpaired) electrons. The van der Waals surface area contributed by atoms with E-state index in [9.17, 15) is 4.39 Å².